The first-order chi connectivity index (χ1) is 14.2. The lowest BCUT2D eigenvalue weighted by Crippen LogP contribution is -1.99. The molecule has 0 aliphatic heterocycles. The molecule has 144 valence electrons. The molecule has 0 spiro atoms. The van der Waals surface area contributed by atoms with Gasteiger partial charge in [-0.05, 0) is 36.8 Å². The first-order valence-corrected chi connectivity index (χ1v) is 9.54. The molecule has 0 fully saturated rings. The van der Waals surface area contributed by atoms with Gasteiger partial charge in [0.25, 0.3) is 0 Å². The topological polar surface area (TPSA) is 97.4 Å². The van der Waals surface area contributed by atoms with Gasteiger partial charge in [-0.2, -0.15) is 5.10 Å². The van der Waals surface area contributed by atoms with E-state index in [-0.39, 0.29) is 5.75 Å². The highest BCUT2D eigenvalue weighted by Crippen LogP contribution is 2.35. The molecule has 0 saturated carbocycles. The van der Waals surface area contributed by atoms with Crippen molar-refractivity contribution < 1.29 is 5.11 Å². The van der Waals surface area contributed by atoms with E-state index in [9.17, 15) is 5.11 Å². The second kappa shape index (κ2) is 6.78. The summed E-state index contributed by atoms with van der Waals surface area (Å²) < 4.78 is 3.72. The highest BCUT2D eigenvalue weighted by atomic mass is 32.1. The highest BCUT2D eigenvalue weighted by Gasteiger charge is 2.19. The van der Waals surface area contributed by atoms with Crippen LogP contribution in [0.2, 0.25) is 0 Å². The van der Waals surface area contributed by atoms with Crippen molar-refractivity contribution in [3.05, 3.63) is 60.8 Å². The summed E-state index contributed by atoms with van der Waals surface area (Å²) in [6.45, 7) is 2.04. The van der Waals surface area contributed by atoms with Gasteiger partial charge in [0.1, 0.15) is 5.75 Å². The first kappa shape index (κ1) is 17.5. The normalized spacial score (nSPS) is 11.4. The van der Waals surface area contributed by atoms with E-state index in [0.717, 1.165) is 34.4 Å². The summed E-state index contributed by atoms with van der Waals surface area (Å²) in [4.78, 5) is 4.07. The van der Waals surface area contributed by atoms with E-state index in [0.29, 0.717) is 16.5 Å². The van der Waals surface area contributed by atoms with Crippen LogP contribution in [-0.4, -0.2) is 39.6 Å². The van der Waals surface area contributed by atoms with Crippen LogP contribution < -0.4 is 0 Å². The standard InChI is InChI=1S/C20H17N7OS/c1-2-16-14-9-15(18(28)10-17(14)23-22-16)19-24-25-20(29)27(19)13-5-3-12(4-6-13)26-8-7-21-11-26/h3-11,28H,2H2,1H3,(H,22,23)(H,25,29). The number of rotatable bonds is 4. The predicted molar refractivity (Wildman–Crippen MR) is 112 cm³/mol. The van der Waals surface area contributed by atoms with Crippen molar-refractivity contribution in [2.75, 3.05) is 0 Å². The lowest BCUT2D eigenvalue weighted by Gasteiger charge is -2.11. The smallest absolute Gasteiger partial charge is 0.193 e. The Kier molecular flexibility index (Phi) is 4.09. The van der Waals surface area contributed by atoms with Crippen LogP contribution >= 0.6 is 12.6 Å². The molecular formula is C20H17N7OS. The van der Waals surface area contributed by atoms with Gasteiger partial charge in [-0.25, -0.2) is 4.98 Å². The Bertz CT molecular complexity index is 1300. The number of benzene rings is 2. The summed E-state index contributed by atoms with van der Waals surface area (Å²) in [7, 11) is 0. The fraction of sp³-hybridized carbons (Fsp3) is 0.100. The van der Waals surface area contributed by atoms with Crippen LogP contribution in [0.15, 0.2) is 60.3 Å². The van der Waals surface area contributed by atoms with E-state index in [1.54, 1.807) is 23.2 Å². The van der Waals surface area contributed by atoms with Gasteiger partial charge in [0.05, 0.1) is 23.1 Å². The molecule has 0 amide bonds. The SMILES string of the molecule is CCc1n[nH]c2cc(O)c(-c3nnc(S)n3-c3ccc(-n4ccnc4)cc3)cc12. The van der Waals surface area contributed by atoms with Gasteiger partial charge in [0.2, 0.25) is 0 Å². The molecule has 0 bridgehead atoms. The second-order valence-electron chi connectivity index (χ2n) is 6.58. The quantitative estimate of drug-likeness (QED) is 0.399. The molecule has 29 heavy (non-hydrogen) atoms. The summed E-state index contributed by atoms with van der Waals surface area (Å²) in [5.74, 6) is 0.605. The number of hydrogen-bond donors (Lipinski definition) is 3. The van der Waals surface area contributed by atoms with Crippen molar-refractivity contribution in [2.45, 2.75) is 18.5 Å². The van der Waals surface area contributed by atoms with Gasteiger partial charge >= 0.3 is 0 Å². The third kappa shape index (κ3) is 2.87. The van der Waals surface area contributed by atoms with Gasteiger partial charge in [-0.1, -0.05) is 6.92 Å². The maximum atomic E-state index is 10.6. The summed E-state index contributed by atoms with van der Waals surface area (Å²) in [5, 5.41) is 27.7. The summed E-state index contributed by atoms with van der Waals surface area (Å²) >= 11 is 4.47. The third-order valence-electron chi connectivity index (χ3n) is 4.89. The molecule has 5 rings (SSSR count). The van der Waals surface area contributed by atoms with E-state index in [2.05, 4.69) is 38.0 Å². The lowest BCUT2D eigenvalue weighted by molar-refractivity contribution is 0.477. The molecule has 3 heterocycles. The van der Waals surface area contributed by atoms with Crippen molar-refractivity contribution in [1.82, 2.24) is 34.5 Å². The van der Waals surface area contributed by atoms with Crippen LogP contribution in [0.5, 0.6) is 5.75 Å². The zero-order chi connectivity index (χ0) is 20.0. The van der Waals surface area contributed by atoms with Crippen LogP contribution in [0.1, 0.15) is 12.6 Å². The number of aryl methyl sites for hydroxylation is 1. The zero-order valence-corrected chi connectivity index (χ0v) is 16.4. The fourth-order valence-corrected chi connectivity index (χ4v) is 3.68. The number of phenols is 1. The van der Waals surface area contributed by atoms with Crippen LogP contribution in [0, 0.1) is 0 Å². The Hall–Kier alpha value is -3.59. The van der Waals surface area contributed by atoms with Gasteiger partial charge in [0, 0.05) is 35.2 Å². The Morgan fingerprint density at radius 1 is 1.10 bits per heavy atom. The molecule has 0 atom stereocenters. The largest absolute Gasteiger partial charge is 0.507 e. The van der Waals surface area contributed by atoms with Crippen molar-refractivity contribution in [3.8, 4) is 28.5 Å². The first-order valence-electron chi connectivity index (χ1n) is 9.09. The number of aromatic nitrogens is 7. The molecule has 0 aliphatic rings. The van der Waals surface area contributed by atoms with Crippen molar-refractivity contribution in [1.29, 1.82) is 0 Å². The number of fused-ring (bicyclic) bond motifs is 1. The Morgan fingerprint density at radius 3 is 2.62 bits per heavy atom. The molecule has 0 unspecified atom stereocenters. The molecule has 8 nitrogen and oxygen atoms in total. The van der Waals surface area contributed by atoms with E-state index in [4.69, 9.17) is 0 Å². The number of thiol groups is 1. The Morgan fingerprint density at radius 2 is 1.90 bits per heavy atom. The predicted octanol–water partition coefficient (Wildman–Crippen LogP) is 3.55. The number of aromatic amines is 1. The van der Waals surface area contributed by atoms with E-state index < -0.39 is 0 Å². The van der Waals surface area contributed by atoms with Crippen molar-refractivity contribution in [2.24, 2.45) is 0 Å². The molecule has 0 radical (unpaired) electrons. The Balaban J connectivity index is 1.64. The lowest BCUT2D eigenvalue weighted by atomic mass is 10.1. The van der Waals surface area contributed by atoms with Crippen LogP contribution in [-0.2, 0) is 6.42 Å². The minimum atomic E-state index is 0.0980. The van der Waals surface area contributed by atoms with Gasteiger partial charge in [0.15, 0.2) is 11.0 Å². The van der Waals surface area contributed by atoms with Crippen molar-refractivity contribution >= 4 is 23.5 Å². The number of nitrogens with one attached hydrogen (secondary N) is 1. The van der Waals surface area contributed by atoms with Crippen LogP contribution in [0.3, 0.4) is 0 Å². The number of hydrogen-bond acceptors (Lipinski definition) is 6. The molecule has 2 N–H and O–H groups in total. The number of phenolic OH excluding ortho intramolecular Hbond substituents is 1. The number of nitrogens with zero attached hydrogens (tertiary/aromatic N) is 6. The maximum Gasteiger partial charge on any atom is 0.193 e. The number of imidazole rings is 1. The Labute approximate surface area is 171 Å². The van der Waals surface area contributed by atoms with Gasteiger partial charge < -0.3 is 9.67 Å². The monoisotopic (exact) mass is 403 g/mol. The average molecular weight is 403 g/mol. The summed E-state index contributed by atoms with van der Waals surface area (Å²) in [6, 6.07) is 11.4. The van der Waals surface area contributed by atoms with Gasteiger partial charge in [-0.15, -0.1) is 22.8 Å². The maximum absolute atomic E-state index is 10.6. The van der Waals surface area contributed by atoms with Crippen molar-refractivity contribution in [3.63, 3.8) is 0 Å². The molecular weight excluding hydrogens is 386 g/mol. The second-order valence-corrected chi connectivity index (χ2v) is 6.98. The summed E-state index contributed by atoms with van der Waals surface area (Å²) in [6.07, 6.45) is 6.14. The van der Waals surface area contributed by atoms with Crippen LogP contribution in [0.4, 0.5) is 0 Å². The summed E-state index contributed by atoms with van der Waals surface area (Å²) in [5.41, 5.74) is 4.10. The molecule has 0 aliphatic carbocycles. The molecule has 3 aromatic heterocycles. The third-order valence-corrected chi connectivity index (χ3v) is 5.18. The van der Waals surface area contributed by atoms with E-state index in [1.165, 1.54) is 0 Å². The zero-order valence-electron chi connectivity index (χ0n) is 15.5. The average Bonchev–Trinajstić information content (AvgIpc) is 3.47. The number of H-pyrrole nitrogens is 1. The van der Waals surface area contributed by atoms with Gasteiger partial charge in [-0.3, -0.25) is 9.67 Å². The van der Waals surface area contributed by atoms with Crippen LogP contribution in [0.25, 0.3) is 33.7 Å². The minimum Gasteiger partial charge on any atom is -0.507 e. The minimum absolute atomic E-state index is 0.0980. The fourth-order valence-electron chi connectivity index (χ4n) is 3.43. The highest BCUT2D eigenvalue weighted by molar-refractivity contribution is 7.80. The molecule has 0 saturated heterocycles. The molecule has 9 heteroatoms. The van der Waals surface area contributed by atoms with E-state index >= 15 is 0 Å². The number of aromatic hydroxyl groups is 1. The molecule has 2 aromatic carbocycles. The molecule has 5 aromatic rings. The van der Waals surface area contributed by atoms with E-state index in [1.807, 2.05) is 48.0 Å².